The van der Waals surface area contributed by atoms with Crippen LogP contribution in [0.3, 0.4) is 0 Å². The van der Waals surface area contributed by atoms with E-state index in [-0.39, 0.29) is 24.9 Å². The maximum absolute atomic E-state index is 12.1. The van der Waals surface area contributed by atoms with Crippen molar-refractivity contribution >= 4 is 29.9 Å². The Bertz CT molecular complexity index is 530. The number of carbonyl (C=O) groups is 2. The Balaban J connectivity index is 0.00000288. The Morgan fingerprint density at radius 1 is 1.29 bits per heavy atom. The summed E-state index contributed by atoms with van der Waals surface area (Å²) >= 11 is 0. The predicted octanol–water partition coefficient (Wildman–Crippen LogP) is 1.94. The number of amides is 2. The molecule has 6 nitrogen and oxygen atoms in total. The number of primary amides is 1. The van der Waals surface area contributed by atoms with Crippen LogP contribution in [-0.4, -0.2) is 31.5 Å². The van der Waals surface area contributed by atoms with E-state index in [0.717, 1.165) is 31.6 Å². The Morgan fingerprint density at radius 3 is 2.50 bits per heavy atom. The van der Waals surface area contributed by atoms with Gasteiger partial charge < -0.3 is 21.1 Å². The lowest BCUT2D eigenvalue weighted by molar-refractivity contribution is -0.120. The molecule has 1 heterocycles. The number of rotatable bonds is 7. The zero-order chi connectivity index (χ0) is 16.7. The SMILES string of the molecule is CC(CC(=O)Nc1ccc(OCC(N)=O)cc1)C1CCNCC1.Cl. The van der Waals surface area contributed by atoms with Gasteiger partial charge in [0.25, 0.3) is 5.91 Å². The predicted molar refractivity (Wildman–Crippen MR) is 96.4 cm³/mol. The largest absolute Gasteiger partial charge is 0.484 e. The standard InChI is InChI=1S/C17H25N3O3.ClH/c1-12(13-6-8-19-9-7-13)10-17(22)20-14-2-4-15(5-3-14)23-11-16(18)21;/h2-5,12-13,19H,6-11H2,1H3,(H2,18,21)(H,20,22);1H. The molecule has 0 radical (unpaired) electrons. The van der Waals surface area contributed by atoms with Gasteiger partial charge in [-0.25, -0.2) is 0 Å². The zero-order valence-electron chi connectivity index (χ0n) is 13.9. The minimum absolute atomic E-state index is 0. The number of hydrogen-bond acceptors (Lipinski definition) is 4. The first-order chi connectivity index (χ1) is 11.0. The van der Waals surface area contributed by atoms with Gasteiger partial charge in [0.2, 0.25) is 5.91 Å². The summed E-state index contributed by atoms with van der Waals surface area (Å²) in [6, 6.07) is 6.91. The molecule has 1 atom stereocenters. The van der Waals surface area contributed by atoms with E-state index in [2.05, 4.69) is 17.6 Å². The second-order valence-corrected chi connectivity index (χ2v) is 6.10. The van der Waals surface area contributed by atoms with E-state index in [1.54, 1.807) is 24.3 Å². The highest BCUT2D eigenvalue weighted by atomic mass is 35.5. The summed E-state index contributed by atoms with van der Waals surface area (Å²) in [5.41, 5.74) is 5.74. The molecule has 24 heavy (non-hydrogen) atoms. The fourth-order valence-electron chi connectivity index (χ4n) is 2.87. The molecule has 2 rings (SSSR count). The van der Waals surface area contributed by atoms with Crippen LogP contribution in [0.25, 0.3) is 0 Å². The first-order valence-electron chi connectivity index (χ1n) is 8.06. The minimum atomic E-state index is -0.519. The molecule has 1 aromatic rings. The van der Waals surface area contributed by atoms with E-state index in [1.807, 2.05) is 0 Å². The lowest BCUT2D eigenvalue weighted by Crippen LogP contribution is -2.32. The molecule has 0 aromatic heterocycles. The van der Waals surface area contributed by atoms with Crippen LogP contribution in [0.2, 0.25) is 0 Å². The molecule has 1 aliphatic heterocycles. The number of halogens is 1. The van der Waals surface area contributed by atoms with Gasteiger partial charge in [0.15, 0.2) is 6.61 Å². The molecule has 1 saturated heterocycles. The van der Waals surface area contributed by atoms with Crippen molar-refractivity contribution in [2.45, 2.75) is 26.2 Å². The first-order valence-corrected chi connectivity index (χ1v) is 8.06. The van der Waals surface area contributed by atoms with E-state index in [9.17, 15) is 9.59 Å². The maximum atomic E-state index is 12.1. The van der Waals surface area contributed by atoms with Crippen LogP contribution < -0.4 is 21.1 Å². The van der Waals surface area contributed by atoms with Crippen LogP contribution in [0.1, 0.15) is 26.2 Å². The molecule has 2 amide bonds. The second-order valence-electron chi connectivity index (χ2n) is 6.10. The number of nitrogens with one attached hydrogen (secondary N) is 2. The minimum Gasteiger partial charge on any atom is -0.484 e. The van der Waals surface area contributed by atoms with Crippen molar-refractivity contribution in [1.29, 1.82) is 0 Å². The Labute approximate surface area is 148 Å². The fourth-order valence-corrected chi connectivity index (χ4v) is 2.87. The van der Waals surface area contributed by atoms with Crippen molar-refractivity contribution in [1.82, 2.24) is 5.32 Å². The molecule has 0 saturated carbocycles. The number of benzene rings is 1. The van der Waals surface area contributed by atoms with Crippen LogP contribution in [0.5, 0.6) is 5.75 Å². The molecular formula is C17H26ClN3O3. The van der Waals surface area contributed by atoms with E-state index < -0.39 is 5.91 Å². The summed E-state index contributed by atoms with van der Waals surface area (Å²) in [4.78, 5) is 22.8. The van der Waals surface area contributed by atoms with E-state index >= 15 is 0 Å². The topological polar surface area (TPSA) is 93.4 Å². The monoisotopic (exact) mass is 355 g/mol. The van der Waals surface area contributed by atoms with Gasteiger partial charge in [-0.15, -0.1) is 12.4 Å². The van der Waals surface area contributed by atoms with Crippen LogP contribution >= 0.6 is 12.4 Å². The van der Waals surface area contributed by atoms with Gasteiger partial charge in [-0.05, 0) is 62.0 Å². The van der Waals surface area contributed by atoms with Crippen molar-refractivity contribution in [2.24, 2.45) is 17.6 Å². The second kappa shape index (κ2) is 10.2. The van der Waals surface area contributed by atoms with Crippen molar-refractivity contribution in [2.75, 3.05) is 25.0 Å². The van der Waals surface area contributed by atoms with E-state index in [1.165, 1.54) is 0 Å². The van der Waals surface area contributed by atoms with Gasteiger partial charge in [0.1, 0.15) is 5.75 Å². The molecule has 0 spiro atoms. The van der Waals surface area contributed by atoms with E-state index in [4.69, 9.17) is 10.5 Å². The third-order valence-electron chi connectivity index (χ3n) is 4.22. The number of ether oxygens (including phenoxy) is 1. The average Bonchev–Trinajstić information content (AvgIpc) is 2.55. The average molecular weight is 356 g/mol. The summed E-state index contributed by atoms with van der Waals surface area (Å²) < 4.78 is 5.18. The van der Waals surface area contributed by atoms with Crippen molar-refractivity contribution in [3.63, 3.8) is 0 Å². The van der Waals surface area contributed by atoms with Gasteiger partial charge in [0, 0.05) is 12.1 Å². The Morgan fingerprint density at radius 2 is 1.92 bits per heavy atom. The van der Waals surface area contributed by atoms with Crippen LogP contribution in [0.15, 0.2) is 24.3 Å². The number of carbonyl (C=O) groups excluding carboxylic acids is 2. The quantitative estimate of drug-likeness (QED) is 0.696. The normalized spacial score (nSPS) is 15.9. The highest BCUT2D eigenvalue weighted by Gasteiger charge is 2.21. The first kappa shape index (κ1) is 20.3. The lowest BCUT2D eigenvalue weighted by Gasteiger charge is -2.27. The Kier molecular flexibility index (Phi) is 8.57. The summed E-state index contributed by atoms with van der Waals surface area (Å²) in [5.74, 6) is 1.06. The number of hydrogen-bond donors (Lipinski definition) is 3. The summed E-state index contributed by atoms with van der Waals surface area (Å²) in [6.45, 7) is 4.09. The smallest absolute Gasteiger partial charge is 0.255 e. The zero-order valence-corrected chi connectivity index (χ0v) is 14.7. The molecular weight excluding hydrogens is 330 g/mol. The molecule has 1 aliphatic rings. The molecule has 1 fully saturated rings. The fraction of sp³-hybridized carbons (Fsp3) is 0.529. The van der Waals surface area contributed by atoms with Gasteiger partial charge >= 0.3 is 0 Å². The number of anilines is 1. The molecule has 0 bridgehead atoms. The highest BCUT2D eigenvalue weighted by molar-refractivity contribution is 5.90. The number of piperidine rings is 1. The number of nitrogens with two attached hydrogens (primary N) is 1. The lowest BCUT2D eigenvalue weighted by atomic mass is 9.84. The molecule has 134 valence electrons. The van der Waals surface area contributed by atoms with Gasteiger partial charge in [-0.1, -0.05) is 6.92 Å². The van der Waals surface area contributed by atoms with Crippen LogP contribution in [0.4, 0.5) is 5.69 Å². The van der Waals surface area contributed by atoms with Crippen LogP contribution in [-0.2, 0) is 9.59 Å². The van der Waals surface area contributed by atoms with Crippen molar-refractivity contribution < 1.29 is 14.3 Å². The summed E-state index contributed by atoms with van der Waals surface area (Å²) in [5, 5.41) is 6.25. The van der Waals surface area contributed by atoms with Gasteiger partial charge in [0.05, 0.1) is 0 Å². The molecule has 7 heteroatoms. The van der Waals surface area contributed by atoms with Gasteiger partial charge in [-0.2, -0.15) is 0 Å². The van der Waals surface area contributed by atoms with Gasteiger partial charge in [-0.3, -0.25) is 9.59 Å². The van der Waals surface area contributed by atoms with E-state index in [0.29, 0.717) is 24.0 Å². The molecule has 4 N–H and O–H groups in total. The highest BCUT2D eigenvalue weighted by Crippen LogP contribution is 2.25. The summed E-state index contributed by atoms with van der Waals surface area (Å²) in [7, 11) is 0. The third kappa shape index (κ3) is 6.76. The molecule has 1 unspecified atom stereocenters. The van der Waals surface area contributed by atoms with Crippen molar-refractivity contribution in [3.05, 3.63) is 24.3 Å². The molecule has 0 aliphatic carbocycles. The van der Waals surface area contributed by atoms with Crippen LogP contribution in [0, 0.1) is 11.8 Å². The third-order valence-corrected chi connectivity index (χ3v) is 4.22. The Hall–Kier alpha value is -1.79. The maximum Gasteiger partial charge on any atom is 0.255 e. The summed E-state index contributed by atoms with van der Waals surface area (Å²) in [6.07, 6.45) is 2.81. The van der Waals surface area contributed by atoms with Crippen molar-refractivity contribution in [3.8, 4) is 5.75 Å². The molecule has 1 aromatic carbocycles.